The van der Waals surface area contributed by atoms with Crippen LogP contribution in [-0.2, 0) is 4.79 Å². The van der Waals surface area contributed by atoms with Crippen LogP contribution >= 0.6 is 11.8 Å². The van der Waals surface area contributed by atoms with Crippen molar-refractivity contribution in [1.29, 1.82) is 0 Å². The molecule has 96 valence electrons. The highest BCUT2D eigenvalue weighted by Gasteiger charge is 2.66. The number of carbonyl (C=O) groups is 1. The quantitative estimate of drug-likeness (QED) is 0.811. The van der Waals surface area contributed by atoms with Crippen LogP contribution in [0.15, 0.2) is 5.16 Å². The molecule has 0 amide bonds. The van der Waals surface area contributed by atoms with Gasteiger partial charge in [-0.15, -0.1) is 5.10 Å². The van der Waals surface area contributed by atoms with Gasteiger partial charge in [-0.25, -0.2) is 4.98 Å². The van der Waals surface area contributed by atoms with Crippen LogP contribution in [0.4, 0.5) is 0 Å². The first kappa shape index (κ1) is 10.8. The molecule has 0 aliphatic heterocycles. The molecule has 3 fully saturated rings. The van der Waals surface area contributed by atoms with Gasteiger partial charge in [0.05, 0.1) is 5.75 Å². The lowest BCUT2D eigenvalue weighted by molar-refractivity contribution is -0.133. The Hall–Kier alpha value is -1.04. The first-order valence-electron chi connectivity index (χ1n) is 6.51. The van der Waals surface area contributed by atoms with Crippen LogP contribution < -0.4 is 0 Å². The van der Waals surface area contributed by atoms with Crippen molar-refractivity contribution < 1.29 is 9.90 Å². The number of nitrogens with one attached hydrogen (secondary N) is 1. The van der Waals surface area contributed by atoms with Crippen LogP contribution in [0.2, 0.25) is 0 Å². The SMILES string of the molecule is O=C(O)CSc1n[nH]c(C2C3C4CCC(C4)C23)n1. The molecular formula is C12H15N3O2S. The number of aromatic nitrogens is 3. The largest absolute Gasteiger partial charge is 0.481 e. The van der Waals surface area contributed by atoms with E-state index in [2.05, 4.69) is 15.2 Å². The zero-order valence-corrected chi connectivity index (χ0v) is 10.7. The van der Waals surface area contributed by atoms with Crippen LogP contribution in [0, 0.1) is 23.7 Å². The van der Waals surface area contributed by atoms with E-state index in [0.717, 1.165) is 29.5 Å². The summed E-state index contributed by atoms with van der Waals surface area (Å²) in [7, 11) is 0. The third-order valence-corrected chi connectivity index (χ3v) is 5.69. The third-order valence-electron chi connectivity index (χ3n) is 4.86. The van der Waals surface area contributed by atoms with E-state index < -0.39 is 5.97 Å². The predicted octanol–water partition coefficient (Wildman–Crippen LogP) is 1.74. The van der Waals surface area contributed by atoms with Gasteiger partial charge in [0.2, 0.25) is 5.16 Å². The first-order valence-corrected chi connectivity index (χ1v) is 7.49. The molecule has 0 radical (unpaired) electrons. The van der Waals surface area contributed by atoms with Crippen LogP contribution in [0.25, 0.3) is 0 Å². The van der Waals surface area contributed by atoms with E-state index in [4.69, 9.17) is 5.11 Å². The van der Waals surface area contributed by atoms with Crippen molar-refractivity contribution in [3.8, 4) is 0 Å². The standard InChI is InChI=1S/C12H15N3O2S/c16-7(17)4-18-12-13-11(14-15-12)10-8-5-1-2-6(3-5)9(8)10/h5-6,8-10H,1-4H2,(H,16,17)(H,13,14,15). The van der Waals surface area contributed by atoms with Gasteiger partial charge in [-0.2, -0.15) is 0 Å². The van der Waals surface area contributed by atoms with Crippen molar-refractivity contribution >= 4 is 17.7 Å². The molecule has 1 heterocycles. The lowest BCUT2D eigenvalue weighted by Crippen LogP contribution is -1.99. The van der Waals surface area contributed by atoms with Crippen molar-refractivity contribution in [3.63, 3.8) is 0 Å². The number of hydrogen-bond acceptors (Lipinski definition) is 4. The molecule has 4 rings (SSSR count). The van der Waals surface area contributed by atoms with Gasteiger partial charge in [0, 0.05) is 5.92 Å². The topological polar surface area (TPSA) is 78.9 Å². The highest BCUT2D eigenvalue weighted by atomic mass is 32.2. The average Bonchev–Trinajstić information content (AvgIpc) is 2.77. The molecular weight excluding hydrogens is 250 g/mol. The number of carboxylic acid groups (broad SMARTS) is 1. The van der Waals surface area contributed by atoms with E-state index in [1.165, 1.54) is 31.0 Å². The van der Waals surface area contributed by atoms with Crippen LogP contribution in [0.1, 0.15) is 31.0 Å². The Balaban J connectivity index is 1.46. The molecule has 0 aromatic carbocycles. The smallest absolute Gasteiger partial charge is 0.313 e. The Morgan fingerprint density at radius 3 is 2.78 bits per heavy atom. The van der Waals surface area contributed by atoms with Crippen LogP contribution in [0.5, 0.6) is 0 Å². The van der Waals surface area contributed by atoms with Crippen molar-refractivity contribution in [2.24, 2.45) is 23.7 Å². The summed E-state index contributed by atoms with van der Waals surface area (Å²) in [6.45, 7) is 0. The Labute approximate surface area is 109 Å². The summed E-state index contributed by atoms with van der Waals surface area (Å²) in [5, 5.41) is 16.3. The Bertz CT molecular complexity index is 487. The highest BCUT2D eigenvalue weighted by molar-refractivity contribution is 7.99. The molecule has 2 N–H and O–H groups in total. The fourth-order valence-corrected chi connectivity index (χ4v) is 4.81. The molecule has 4 atom stereocenters. The van der Waals surface area contributed by atoms with Gasteiger partial charge < -0.3 is 5.11 Å². The molecule has 4 unspecified atom stereocenters. The molecule has 3 aliphatic rings. The Morgan fingerprint density at radius 1 is 1.39 bits per heavy atom. The number of rotatable bonds is 4. The van der Waals surface area contributed by atoms with Gasteiger partial charge >= 0.3 is 5.97 Å². The molecule has 2 bridgehead atoms. The molecule has 3 aliphatic carbocycles. The predicted molar refractivity (Wildman–Crippen MR) is 65.3 cm³/mol. The summed E-state index contributed by atoms with van der Waals surface area (Å²) in [5.41, 5.74) is 0. The number of aromatic amines is 1. The Morgan fingerprint density at radius 2 is 2.11 bits per heavy atom. The van der Waals surface area contributed by atoms with E-state index >= 15 is 0 Å². The summed E-state index contributed by atoms with van der Waals surface area (Å²) in [4.78, 5) is 14.9. The second-order valence-electron chi connectivity index (χ2n) is 5.70. The van der Waals surface area contributed by atoms with Crippen molar-refractivity contribution in [3.05, 3.63) is 5.82 Å². The van der Waals surface area contributed by atoms with Gasteiger partial charge in [-0.05, 0) is 42.9 Å². The molecule has 18 heavy (non-hydrogen) atoms. The highest BCUT2D eigenvalue weighted by Crippen LogP contribution is 2.72. The summed E-state index contributed by atoms with van der Waals surface area (Å²) in [5.74, 6) is 4.31. The molecule has 6 heteroatoms. The maximum atomic E-state index is 10.5. The number of carboxylic acids is 1. The zero-order chi connectivity index (χ0) is 12.3. The van der Waals surface area contributed by atoms with Gasteiger partial charge in [0.15, 0.2) is 0 Å². The molecule has 3 saturated carbocycles. The van der Waals surface area contributed by atoms with Gasteiger partial charge in [-0.1, -0.05) is 11.8 Å². The van der Waals surface area contributed by atoms with E-state index in [9.17, 15) is 4.79 Å². The summed E-state index contributed by atoms with van der Waals surface area (Å²) >= 11 is 1.19. The van der Waals surface area contributed by atoms with E-state index in [-0.39, 0.29) is 5.75 Å². The molecule has 1 aromatic rings. The summed E-state index contributed by atoms with van der Waals surface area (Å²) in [6, 6.07) is 0. The Kier molecular flexibility index (Phi) is 2.24. The summed E-state index contributed by atoms with van der Waals surface area (Å²) < 4.78 is 0. The van der Waals surface area contributed by atoms with E-state index in [1.54, 1.807) is 0 Å². The lowest BCUT2D eigenvalue weighted by atomic mass is 10.0. The van der Waals surface area contributed by atoms with Gasteiger partial charge in [-0.3, -0.25) is 9.89 Å². The molecule has 5 nitrogen and oxygen atoms in total. The zero-order valence-electron chi connectivity index (χ0n) is 9.87. The second kappa shape index (κ2) is 3.73. The van der Waals surface area contributed by atoms with E-state index in [0.29, 0.717) is 11.1 Å². The van der Waals surface area contributed by atoms with Crippen molar-refractivity contribution in [2.45, 2.75) is 30.3 Å². The number of thioether (sulfide) groups is 1. The number of fused-ring (bicyclic) bond motifs is 5. The molecule has 0 spiro atoms. The monoisotopic (exact) mass is 265 g/mol. The van der Waals surface area contributed by atoms with Crippen molar-refractivity contribution in [1.82, 2.24) is 15.2 Å². The number of aliphatic carboxylic acids is 1. The fraction of sp³-hybridized carbons (Fsp3) is 0.750. The van der Waals surface area contributed by atoms with E-state index in [1.807, 2.05) is 0 Å². The van der Waals surface area contributed by atoms with Crippen LogP contribution in [0.3, 0.4) is 0 Å². The maximum Gasteiger partial charge on any atom is 0.313 e. The van der Waals surface area contributed by atoms with Crippen molar-refractivity contribution in [2.75, 3.05) is 5.75 Å². The number of nitrogens with zero attached hydrogens (tertiary/aromatic N) is 2. The second-order valence-corrected chi connectivity index (χ2v) is 6.64. The minimum absolute atomic E-state index is 0.0278. The normalized spacial score (nSPS) is 39.9. The molecule has 1 aromatic heterocycles. The summed E-state index contributed by atoms with van der Waals surface area (Å²) in [6.07, 6.45) is 4.23. The van der Waals surface area contributed by atoms with Gasteiger partial charge in [0.25, 0.3) is 0 Å². The minimum Gasteiger partial charge on any atom is -0.481 e. The number of H-pyrrole nitrogens is 1. The lowest BCUT2D eigenvalue weighted by Gasteiger charge is -2.04. The average molecular weight is 265 g/mol. The molecule has 0 saturated heterocycles. The fourth-order valence-electron chi connectivity index (χ4n) is 4.29. The van der Waals surface area contributed by atoms with Crippen LogP contribution in [-0.4, -0.2) is 32.0 Å². The number of hydrogen-bond donors (Lipinski definition) is 2. The third kappa shape index (κ3) is 1.51. The first-order chi connectivity index (χ1) is 8.74. The maximum absolute atomic E-state index is 10.5. The minimum atomic E-state index is -0.826. The van der Waals surface area contributed by atoms with Gasteiger partial charge in [0.1, 0.15) is 5.82 Å².